The predicted octanol–water partition coefficient (Wildman–Crippen LogP) is -0.00690. The molecule has 0 unspecified atom stereocenters. The fourth-order valence-corrected chi connectivity index (χ4v) is 4.23. The van der Waals surface area contributed by atoms with Crippen LogP contribution in [-0.2, 0) is 14.9 Å². The monoisotopic (exact) mass is 461 g/mol. The number of ether oxygens (including phenoxy) is 1. The zero-order chi connectivity index (χ0) is 22.9. The van der Waals surface area contributed by atoms with Crippen LogP contribution in [0.15, 0.2) is 51.4 Å². The number of hydrogen-bond acceptors (Lipinski definition) is 8. The Morgan fingerprint density at radius 1 is 1.12 bits per heavy atom. The molecule has 0 atom stereocenters. The van der Waals surface area contributed by atoms with Gasteiger partial charge >= 0.3 is 16.0 Å². The van der Waals surface area contributed by atoms with Gasteiger partial charge in [-0.05, 0) is 18.2 Å². The van der Waals surface area contributed by atoms with Crippen LogP contribution < -0.4 is 14.9 Å². The first-order valence-corrected chi connectivity index (χ1v) is 11.0. The van der Waals surface area contributed by atoms with Gasteiger partial charge in [-0.25, -0.2) is 0 Å². The number of piperazine rings is 1. The van der Waals surface area contributed by atoms with Crippen LogP contribution in [0.4, 0.5) is 11.5 Å². The Balaban J connectivity index is 1.49. The number of anilines is 2. The molecule has 0 radical (unpaired) electrons. The van der Waals surface area contributed by atoms with Crippen LogP contribution in [0.1, 0.15) is 10.4 Å². The summed E-state index contributed by atoms with van der Waals surface area (Å²) in [5.74, 6) is -0.548. The number of benzene rings is 1. The van der Waals surface area contributed by atoms with Crippen LogP contribution in [0, 0.1) is 0 Å². The number of amides is 1. The second-order valence-corrected chi connectivity index (χ2v) is 8.26. The molecule has 32 heavy (non-hydrogen) atoms. The van der Waals surface area contributed by atoms with Gasteiger partial charge in [0, 0.05) is 6.07 Å². The standard InChI is InChI=1S/C19H20N6O6S/c1-31-18-17(21-32(29,30)22-18)20-14-6-4-5-13(16(14)26)19(27)24-11-9-23(10-12-24)15-7-2-3-8-25(15)28/h2-8H,9-12H2,1H3,(H2-,20,21,22,26,27,28)/p+1. The molecular weight excluding hydrogens is 440 g/mol. The fraction of sp³-hybridized carbons (Fsp3) is 0.263. The smallest absolute Gasteiger partial charge is 0.368 e. The topological polar surface area (TPSA) is 148 Å². The maximum Gasteiger partial charge on any atom is 0.368 e. The van der Waals surface area contributed by atoms with Crippen LogP contribution in [0.5, 0.6) is 5.75 Å². The normalized spacial score (nSPS) is 17.5. The molecule has 1 aromatic heterocycles. The highest BCUT2D eigenvalue weighted by Gasteiger charge is 2.31. The van der Waals surface area contributed by atoms with Gasteiger partial charge in [-0.3, -0.25) is 9.69 Å². The summed E-state index contributed by atoms with van der Waals surface area (Å²) in [7, 11) is -2.82. The van der Waals surface area contributed by atoms with E-state index in [1.165, 1.54) is 25.4 Å². The summed E-state index contributed by atoms with van der Waals surface area (Å²) in [6, 6.07) is 9.81. The molecule has 2 aliphatic rings. The summed E-state index contributed by atoms with van der Waals surface area (Å²) >= 11 is 0. The molecule has 13 heteroatoms. The average molecular weight is 461 g/mol. The molecule has 0 bridgehead atoms. The molecule has 0 saturated carbocycles. The second kappa shape index (κ2) is 8.34. The maximum absolute atomic E-state index is 13.0. The summed E-state index contributed by atoms with van der Waals surface area (Å²) in [6.07, 6.45) is 1.53. The Morgan fingerprint density at radius 3 is 2.56 bits per heavy atom. The van der Waals surface area contributed by atoms with Crippen LogP contribution in [0.3, 0.4) is 0 Å². The molecule has 168 valence electrons. The number of phenolic OH excluding ortho intramolecular Hbond substituents is 1. The summed E-state index contributed by atoms with van der Waals surface area (Å²) in [5.41, 5.74) is 0.137. The van der Waals surface area contributed by atoms with Gasteiger partial charge in [0.2, 0.25) is 5.84 Å². The van der Waals surface area contributed by atoms with Crippen molar-refractivity contribution < 1.29 is 33.0 Å². The van der Waals surface area contributed by atoms with Crippen molar-refractivity contribution in [1.29, 1.82) is 0 Å². The summed E-state index contributed by atoms with van der Waals surface area (Å²) in [4.78, 5) is 16.6. The van der Waals surface area contributed by atoms with Gasteiger partial charge in [0.05, 0.1) is 31.5 Å². The van der Waals surface area contributed by atoms with Crippen LogP contribution in [0.2, 0.25) is 0 Å². The molecule has 3 heterocycles. The third-order valence-electron chi connectivity index (χ3n) is 5.03. The Kier molecular flexibility index (Phi) is 5.57. The number of methoxy groups -OCH3 is 1. The van der Waals surface area contributed by atoms with E-state index in [0.29, 0.717) is 32.0 Å². The Labute approximate surface area is 183 Å². The number of carbonyl (C=O) groups is 1. The van der Waals surface area contributed by atoms with Gasteiger partial charge in [0.1, 0.15) is 19.3 Å². The molecule has 1 saturated heterocycles. The lowest BCUT2D eigenvalue weighted by Gasteiger charge is -2.31. The number of amidine groups is 1. The van der Waals surface area contributed by atoms with Gasteiger partial charge in [-0.1, -0.05) is 16.9 Å². The van der Waals surface area contributed by atoms with Crippen LogP contribution >= 0.6 is 0 Å². The van der Waals surface area contributed by atoms with Crippen molar-refractivity contribution in [3.8, 4) is 5.75 Å². The predicted molar refractivity (Wildman–Crippen MR) is 114 cm³/mol. The first kappa shape index (κ1) is 21.4. The molecule has 4 rings (SSSR count). The van der Waals surface area contributed by atoms with E-state index in [4.69, 9.17) is 4.74 Å². The first-order valence-electron chi connectivity index (χ1n) is 9.61. The van der Waals surface area contributed by atoms with E-state index in [9.17, 15) is 23.5 Å². The molecule has 2 aromatic rings. The van der Waals surface area contributed by atoms with Crippen molar-refractivity contribution >= 4 is 39.4 Å². The summed E-state index contributed by atoms with van der Waals surface area (Å²) in [5, 5.41) is 23.3. The van der Waals surface area contributed by atoms with E-state index in [2.05, 4.69) is 14.1 Å². The molecule has 0 spiro atoms. The number of nitrogens with one attached hydrogen (secondary N) is 1. The first-order chi connectivity index (χ1) is 15.3. The van der Waals surface area contributed by atoms with Gasteiger partial charge in [-0.15, -0.1) is 8.80 Å². The number of carbonyl (C=O) groups excluding carboxylic acids is 1. The molecule has 2 aliphatic heterocycles. The molecule has 1 aromatic carbocycles. The van der Waals surface area contributed by atoms with E-state index >= 15 is 0 Å². The quantitative estimate of drug-likeness (QED) is 0.329. The van der Waals surface area contributed by atoms with Crippen molar-refractivity contribution in [3.63, 3.8) is 0 Å². The Bertz CT molecular complexity index is 1220. The lowest BCUT2D eigenvalue weighted by Crippen LogP contribution is -2.52. The van der Waals surface area contributed by atoms with Crippen molar-refractivity contribution in [1.82, 2.24) is 4.90 Å². The van der Waals surface area contributed by atoms with Gasteiger partial charge in [-0.2, -0.15) is 8.42 Å². The van der Waals surface area contributed by atoms with Gasteiger partial charge in [0.25, 0.3) is 11.8 Å². The minimum Gasteiger partial charge on any atom is -0.505 e. The fourth-order valence-electron chi connectivity index (χ4n) is 3.46. The maximum atomic E-state index is 13.0. The number of aromatic hydroxyl groups is 1. The Hall–Kier alpha value is -3.87. The molecule has 1 fully saturated rings. The number of rotatable bonds is 3. The zero-order valence-electron chi connectivity index (χ0n) is 17.0. The van der Waals surface area contributed by atoms with Crippen molar-refractivity contribution in [2.24, 2.45) is 8.80 Å². The van der Waals surface area contributed by atoms with E-state index in [1.54, 1.807) is 23.1 Å². The molecule has 12 nitrogen and oxygen atoms in total. The number of nitrogens with zero attached hydrogens (tertiary/aromatic N) is 5. The number of para-hydroxylation sites is 1. The van der Waals surface area contributed by atoms with E-state index in [0.717, 1.165) is 4.73 Å². The number of aromatic nitrogens is 1. The second-order valence-electron chi connectivity index (χ2n) is 7.00. The lowest BCUT2D eigenvalue weighted by molar-refractivity contribution is -0.894. The highest BCUT2D eigenvalue weighted by molar-refractivity contribution is 7.89. The lowest BCUT2D eigenvalue weighted by atomic mass is 10.1. The largest absolute Gasteiger partial charge is 0.505 e. The minimum absolute atomic E-state index is 0.0535. The van der Waals surface area contributed by atoms with Gasteiger partial charge < -0.3 is 25.3 Å². The molecule has 0 aliphatic carbocycles. The van der Waals surface area contributed by atoms with Gasteiger partial charge in [0.15, 0.2) is 5.75 Å². The van der Waals surface area contributed by atoms with Crippen molar-refractivity contribution in [2.75, 3.05) is 43.5 Å². The zero-order valence-corrected chi connectivity index (χ0v) is 17.9. The van der Waals surface area contributed by atoms with Crippen molar-refractivity contribution in [3.05, 3.63) is 48.2 Å². The highest BCUT2D eigenvalue weighted by Crippen LogP contribution is 2.29. The average Bonchev–Trinajstić information content (AvgIpc) is 3.08. The molecule has 3 N–H and O–H groups in total. The summed E-state index contributed by atoms with van der Waals surface area (Å²) < 4.78 is 35.8. The van der Waals surface area contributed by atoms with Crippen LogP contribution in [-0.4, -0.2) is 74.6 Å². The van der Waals surface area contributed by atoms with Crippen LogP contribution in [0.25, 0.3) is 0 Å². The summed E-state index contributed by atoms with van der Waals surface area (Å²) in [6.45, 7) is 1.77. The van der Waals surface area contributed by atoms with E-state index in [-0.39, 0.29) is 34.6 Å². The van der Waals surface area contributed by atoms with Crippen molar-refractivity contribution in [2.45, 2.75) is 0 Å². The third kappa shape index (κ3) is 4.14. The number of hydrogen-bond donors (Lipinski definition) is 3. The molecular formula is C19H21N6O6S+. The van der Waals surface area contributed by atoms with E-state index < -0.39 is 10.2 Å². The SMILES string of the molecule is COC1=NS(=O)(=O)N=C1Nc1cccc(C(=O)N2CCN(c3cccc[n+]3O)CC2)c1O. The van der Waals surface area contributed by atoms with E-state index in [1.807, 2.05) is 11.0 Å². The third-order valence-corrected chi connectivity index (χ3v) is 5.84. The number of pyridine rings is 1. The highest BCUT2D eigenvalue weighted by atomic mass is 32.2. The minimum atomic E-state index is -4.06. The Morgan fingerprint density at radius 2 is 1.88 bits per heavy atom. The number of phenols is 1. The molecule has 1 amide bonds.